The van der Waals surface area contributed by atoms with Gasteiger partial charge in [0, 0.05) is 6.42 Å². The predicted octanol–water partition coefficient (Wildman–Crippen LogP) is 2.77. The Morgan fingerprint density at radius 2 is 2.21 bits per heavy atom. The van der Waals surface area contributed by atoms with Crippen molar-refractivity contribution in [1.29, 1.82) is 0 Å². The number of carbonyl (C=O) groups excluding carboxylic acids is 1. The summed E-state index contributed by atoms with van der Waals surface area (Å²) in [6.45, 7) is 2.39. The molecule has 2 nitrogen and oxygen atoms in total. The topological polar surface area (TPSA) is 26.3 Å². The Kier molecular flexibility index (Phi) is 3.09. The van der Waals surface area contributed by atoms with Crippen LogP contribution < -0.4 is 0 Å². The first-order valence-electron chi connectivity index (χ1n) is 5.95. The minimum Gasteiger partial charge on any atom is -0.466 e. The van der Waals surface area contributed by atoms with Crippen LogP contribution >= 0.6 is 0 Å². The second kappa shape index (κ2) is 4.33. The molecule has 2 fully saturated rings. The molecule has 0 aromatic heterocycles. The van der Waals surface area contributed by atoms with E-state index in [9.17, 15) is 4.79 Å². The lowest BCUT2D eigenvalue weighted by atomic mass is 9.85. The molecule has 0 aliphatic heterocycles. The van der Waals surface area contributed by atoms with E-state index in [1.165, 1.54) is 25.7 Å². The molecule has 2 aliphatic carbocycles. The molecule has 2 rings (SSSR count). The summed E-state index contributed by atoms with van der Waals surface area (Å²) in [4.78, 5) is 11.2. The Morgan fingerprint density at radius 3 is 2.79 bits per heavy atom. The van der Waals surface area contributed by atoms with Gasteiger partial charge in [0.05, 0.1) is 6.61 Å². The van der Waals surface area contributed by atoms with Crippen molar-refractivity contribution in [2.75, 3.05) is 6.61 Å². The van der Waals surface area contributed by atoms with Crippen molar-refractivity contribution in [3.63, 3.8) is 0 Å². The van der Waals surface area contributed by atoms with Gasteiger partial charge in [0.1, 0.15) is 0 Å². The highest BCUT2D eigenvalue weighted by molar-refractivity contribution is 5.69. The molecule has 0 radical (unpaired) electrons. The van der Waals surface area contributed by atoms with E-state index in [0.29, 0.717) is 13.0 Å². The monoisotopic (exact) mass is 196 g/mol. The Bertz CT molecular complexity index is 212. The van der Waals surface area contributed by atoms with Gasteiger partial charge in [-0.15, -0.1) is 0 Å². The van der Waals surface area contributed by atoms with Gasteiger partial charge in [0.25, 0.3) is 0 Å². The molecule has 0 aromatic carbocycles. The highest BCUT2D eigenvalue weighted by Crippen LogP contribution is 2.49. The first kappa shape index (κ1) is 10.0. The average Bonchev–Trinajstić information content (AvgIpc) is 2.76. The highest BCUT2D eigenvalue weighted by atomic mass is 16.5. The van der Waals surface area contributed by atoms with E-state index < -0.39 is 0 Å². The molecule has 0 unspecified atom stereocenters. The molecule has 2 saturated carbocycles. The van der Waals surface area contributed by atoms with Crippen LogP contribution in [0.2, 0.25) is 0 Å². The summed E-state index contributed by atoms with van der Waals surface area (Å²) >= 11 is 0. The fourth-order valence-corrected chi connectivity index (χ4v) is 3.27. The minimum atomic E-state index is -0.00438. The quantitative estimate of drug-likeness (QED) is 0.646. The number of ether oxygens (including phenoxy) is 1. The van der Waals surface area contributed by atoms with Gasteiger partial charge in [-0.05, 0) is 50.4 Å². The van der Waals surface area contributed by atoms with Crippen LogP contribution in [0.4, 0.5) is 0 Å². The zero-order valence-corrected chi connectivity index (χ0v) is 9.00. The number of carbonyl (C=O) groups is 1. The summed E-state index contributed by atoms with van der Waals surface area (Å²) in [5.74, 6) is 2.76. The van der Waals surface area contributed by atoms with Crippen molar-refractivity contribution in [1.82, 2.24) is 0 Å². The molecule has 0 saturated heterocycles. The molecule has 2 heteroatoms. The van der Waals surface area contributed by atoms with Crippen LogP contribution in [-0.2, 0) is 9.53 Å². The van der Waals surface area contributed by atoms with Crippen molar-refractivity contribution in [2.45, 2.75) is 45.4 Å². The molecule has 0 heterocycles. The van der Waals surface area contributed by atoms with E-state index >= 15 is 0 Å². The highest BCUT2D eigenvalue weighted by Gasteiger charge is 2.39. The standard InChI is InChI=1S/C12H20O2/c1-2-14-12(13)6-5-11-8-9-3-4-10(11)7-9/h9-11H,2-8H2,1H3/t9-,10+,11+/m0/s1. The summed E-state index contributed by atoms with van der Waals surface area (Å²) in [7, 11) is 0. The van der Waals surface area contributed by atoms with E-state index in [1.807, 2.05) is 6.92 Å². The van der Waals surface area contributed by atoms with Gasteiger partial charge in [0.15, 0.2) is 0 Å². The lowest BCUT2D eigenvalue weighted by molar-refractivity contribution is -0.143. The Balaban J connectivity index is 1.69. The van der Waals surface area contributed by atoms with Crippen LogP contribution in [0.15, 0.2) is 0 Å². The van der Waals surface area contributed by atoms with Gasteiger partial charge >= 0.3 is 5.97 Å². The Hall–Kier alpha value is -0.530. The molecule has 0 spiro atoms. The molecule has 0 N–H and O–H groups in total. The molecule has 80 valence electrons. The third kappa shape index (κ3) is 2.10. The Morgan fingerprint density at radius 1 is 1.36 bits per heavy atom. The second-order valence-corrected chi connectivity index (χ2v) is 4.78. The SMILES string of the molecule is CCOC(=O)CC[C@@H]1C[C@H]2CC[C@@H]1C2. The first-order valence-corrected chi connectivity index (χ1v) is 5.95. The molecule has 3 atom stereocenters. The van der Waals surface area contributed by atoms with Crippen molar-refractivity contribution < 1.29 is 9.53 Å². The van der Waals surface area contributed by atoms with E-state index in [-0.39, 0.29) is 5.97 Å². The first-order chi connectivity index (χ1) is 6.79. The number of esters is 1. The number of rotatable bonds is 4. The van der Waals surface area contributed by atoms with Gasteiger partial charge in [-0.25, -0.2) is 0 Å². The predicted molar refractivity (Wildman–Crippen MR) is 54.8 cm³/mol. The second-order valence-electron chi connectivity index (χ2n) is 4.78. The van der Waals surface area contributed by atoms with E-state index in [4.69, 9.17) is 4.74 Å². The maximum Gasteiger partial charge on any atom is 0.305 e. The summed E-state index contributed by atoms with van der Waals surface area (Å²) in [6, 6.07) is 0. The Labute approximate surface area is 86.0 Å². The van der Waals surface area contributed by atoms with Crippen molar-refractivity contribution in [2.24, 2.45) is 17.8 Å². The average molecular weight is 196 g/mol. The summed E-state index contributed by atoms with van der Waals surface area (Å²) < 4.78 is 4.94. The van der Waals surface area contributed by atoms with Crippen molar-refractivity contribution >= 4 is 5.97 Å². The van der Waals surface area contributed by atoms with Crippen LogP contribution in [0.25, 0.3) is 0 Å². The number of hydrogen-bond donors (Lipinski definition) is 0. The lowest BCUT2D eigenvalue weighted by Gasteiger charge is -2.20. The summed E-state index contributed by atoms with van der Waals surface area (Å²) in [5.41, 5.74) is 0. The third-order valence-corrected chi connectivity index (χ3v) is 3.91. The molecular weight excluding hydrogens is 176 g/mol. The van der Waals surface area contributed by atoms with Gasteiger partial charge in [-0.1, -0.05) is 6.42 Å². The van der Waals surface area contributed by atoms with Crippen LogP contribution in [-0.4, -0.2) is 12.6 Å². The number of fused-ring (bicyclic) bond motifs is 2. The lowest BCUT2D eigenvalue weighted by Crippen LogP contribution is -2.13. The van der Waals surface area contributed by atoms with Gasteiger partial charge < -0.3 is 4.74 Å². The maximum atomic E-state index is 11.2. The van der Waals surface area contributed by atoms with Crippen LogP contribution in [0, 0.1) is 17.8 Å². The van der Waals surface area contributed by atoms with Crippen LogP contribution in [0.3, 0.4) is 0 Å². The molecule has 2 bridgehead atoms. The number of hydrogen-bond acceptors (Lipinski definition) is 2. The minimum absolute atomic E-state index is 0.00438. The molecule has 2 aliphatic rings. The van der Waals surface area contributed by atoms with Crippen molar-refractivity contribution in [3.05, 3.63) is 0 Å². The van der Waals surface area contributed by atoms with Crippen LogP contribution in [0.1, 0.15) is 45.4 Å². The van der Waals surface area contributed by atoms with E-state index in [1.54, 1.807) is 0 Å². The summed E-state index contributed by atoms with van der Waals surface area (Å²) in [6.07, 6.45) is 7.39. The van der Waals surface area contributed by atoms with E-state index in [0.717, 1.165) is 24.2 Å². The van der Waals surface area contributed by atoms with Gasteiger partial charge in [-0.2, -0.15) is 0 Å². The molecule has 14 heavy (non-hydrogen) atoms. The normalized spacial score (nSPS) is 34.8. The van der Waals surface area contributed by atoms with Gasteiger partial charge in [0.2, 0.25) is 0 Å². The zero-order chi connectivity index (χ0) is 9.97. The maximum absolute atomic E-state index is 11.2. The van der Waals surface area contributed by atoms with E-state index in [2.05, 4.69) is 0 Å². The fourth-order valence-electron chi connectivity index (χ4n) is 3.27. The summed E-state index contributed by atoms with van der Waals surface area (Å²) in [5, 5.41) is 0. The largest absolute Gasteiger partial charge is 0.466 e. The third-order valence-electron chi connectivity index (χ3n) is 3.91. The molecular formula is C12H20O2. The van der Waals surface area contributed by atoms with Crippen molar-refractivity contribution in [3.8, 4) is 0 Å². The fraction of sp³-hybridized carbons (Fsp3) is 0.917. The smallest absolute Gasteiger partial charge is 0.305 e. The zero-order valence-electron chi connectivity index (χ0n) is 9.00. The van der Waals surface area contributed by atoms with Gasteiger partial charge in [-0.3, -0.25) is 4.79 Å². The van der Waals surface area contributed by atoms with Crippen LogP contribution in [0.5, 0.6) is 0 Å². The molecule has 0 amide bonds. The molecule has 0 aromatic rings.